The Morgan fingerprint density at radius 3 is 2.82 bits per heavy atom. The number of anilines is 2. The van der Waals surface area contributed by atoms with Crippen molar-refractivity contribution < 1.29 is 14.7 Å². The summed E-state index contributed by atoms with van der Waals surface area (Å²) in [7, 11) is 0. The summed E-state index contributed by atoms with van der Waals surface area (Å²) in [6, 6.07) is 9.34. The van der Waals surface area contributed by atoms with E-state index in [2.05, 4.69) is 25.9 Å². The van der Waals surface area contributed by atoms with Gasteiger partial charge in [0.05, 0.1) is 17.7 Å². The molecular formula is C24H29N7O3. The number of rotatable bonds is 7. The Balaban J connectivity index is 1.38. The minimum atomic E-state index is -0.618. The average molecular weight is 464 g/mol. The predicted octanol–water partition coefficient (Wildman–Crippen LogP) is 1.98. The average Bonchev–Trinajstić information content (AvgIpc) is 2.83. The van der Waals surface area contributed by atoms with Gasteiger partial charge in [-0.2, -0.15) is 4.98 Å². The third-order valence-corrected chi connectivity index (χ3v) is 5.70. The molecule has 1 aliphatic heterocycles. The molecule has 10 heteroatoms. The van der Waals surface area contributed by atoms with Crippen LogP contribution in [0.2, 0.25) is 0 Å². The van der Waals surface area contributed by atoms with Crippen LogP contribution in [0, 0.1) is 0 Å². The van der Waals surface area contributed by atoms with Crippen LogP contribution in [-0.4, -0.2) is 57.1 Å². The molecule has 1 fully saturated rings. The molecule has 2 aromatic rings. The van der Waals surface area contributed by atoms with Crippen LogP contribution in [-0.2, 0) is 6.54 Å². The number of piperidine rings is 1. The third kappa shape index (κ3) is 6.10. The zero-order valence-electron chi connectivity index (χ0n) is 18.8. The number of carbonyl (C=O) groups is 2. The van der Waals surface area contributed by atoms with E-state index in [9.17, 15) is 14.7 Å². The van der Waals surface area contributed by atoms with Crippen molar-refractivity contribution in [3.63, 3.8) is 0 Å². The first-order valence-electron chi connectivity index (χ1n) is 11.3. The maximum Gasteiger partial charge on any atom is 0.317 e. The molecule has 1 unspecified atom stereocenters. The van der Waals surface area contributed by atoms with Crippen molar-refractivity contribution in [2.24, 2.45) is 5.73 Å². The number of β-amino-alcohol motifs (C(OH)–C–C–N with tert-alkyl or cyclic N) is 1. The zero-order valence-corrected chi connectivity index (χ0v) is 18.8. The van der Waals surface area contributed by atoms with Crippen LogP contribution in [0.3, 0.4) is 0 Å². The monoisotopic (exact) mass is 463 g/mol. The molecule has 6 N–H and O–H groups in total. The second kappa shape index (κ2) is 10.8. The van der Waals surface area contributed by atoms with Gasteiger partial charge in [0.25, 0.3) is 5.91 Å². The quantitative estimate of drug-likeness (QED) is 0.422. The molecule has 0 radical (unpaired) electrons. The fraction of sp³-hybridized carbons (Fsp3) is 0.333. The van der Waals surface area contributed by atoms with Gasteiger partial charge in [-0.05, 0) is 24.5 Å². The molecule has 2 heterocycles. The van der Waals surface area contributed by atoms with Crippen molar-refractivity contribution in [3.8, 4) is 0 Å². The molecule has 3 amide bonds. The summed E-state index contributed by atoms with van der Waals surface area (Å²) >= 11 is 0. The minimum Gasteiger partial charge on any atom is -0.391 e. The summed E-state index contributed by atoms with van der Waals surface area (Å²) in [4.78, 5) is 34.7. The van der Waals surface area contributed by atoms with Gasteiger partial charge in [-0.25, -0.2) is 9.78 Å². The summed E-state index contributed by atoms with van der Waals surface area (Å²) in [5.41, 5.74) is 7.54. The van der Waals surface area contributed by atoms with E-state index < -0.39 is 12.0 Å². The second-order valence-electron chi connectivity index (χ2n) is 8.36. The molecule has 1 saturated heterocycles. The highest BCUT2D eigenvalue weighted by atomic mass is 16.3. The maximum atomic E-state index is 12.6. The summed E-state index contributed by atoms with van der Waals surface area (Å²) in [5, 5.41) is 19.1. The van der Waals surface area contributed by atoms with E-state index >= 15 is 0 Å². The van der Waals surface area contributed by atoms with E-state index in [1.807, 2.05) is 48.6 Å². The third-order valence-electron chi connectivity index (χ3n) is 5.70. The van der Waals surface area contributed by atoms with Crippen molar-refractivity contribution in [1.29, 1.82) is 0 Å². The topological polar surface area (TPSA) is 146 Å². The molecule has 10 nitrogen and oxygen atoms in total. The lowest BCUT2D eigenvalue weighted by Gasteiger charge is -2.31. The molecular weight excluding hydrogens is 434 g/mol. The van der Waals surface area contributed by atoms with Crippen LogP contribution in [0.1, 0.15) is 35.2 Å². The second-order valence-corrected chi connectivity index (χ2v) is 8.36. The smallest absolute Gasteiger partial charge is 0.317 e. The Bertz CT molecular complexity index is 1090. The van der Waals surface area contributed by atoms with Gasteiger partial charge in [0.1, 0.15) is 5.82 Å². The lowest BCUT2D eigenvalue weighted by atomic mass is 10.1. The first kappa shape index (κ1) is 23.2. The highest BCUT2D eigenvalue weighted by Crippen LogP contribution is 2.19. The lowest BCUT2D eigenvalue weighted by molar-refractivity contribution is 0.0837. The molecule has 2 atom stereocenters. The number of benzene rings is 1. The van der Waals surface area contributed by atoms with Gasteiger partial charge in [-0.3, -0.25) is 4.79 Å². The SMILES string of the molecule is NC(=O)c1cnc(NC2=CC=CC(NC(=O)N3CCC[C@@H](O)C3)C2)nc1NCc1ccccc1. The molecule has 0 bridgehead atoms. The van der Waals surface area contributed by atoms with Gasteiger partial charge < -0.3 is 31.7 Å². The van der Waals surface area contributed by atoms with Crippen LogP contribution < -0.4 is 21.7 Å². The molecule has 0 saturated carbocycles. The number of hydrogen-bond donors (Lipinski definition) is 5. The summed E-state index contributed by atoms with van der Waals surface area (Å²) in [6.45, 7) is 1.46. The number of amides is 3. The largest absolute Gasteiger partial charge is 0.391 e. The summed E-state index contributed by atoms with van der Waals surface area (Å²) in [6.07, 6.45) is 8.61. The molecule has 4 rings (SSSR count). The molecule has 1 aromatic heterocycles. The molecule has 1 aliphatic carbocycles. The summed E-state index contributed by atoms with van der Waals surface area (Å²) in [5.74, 6) is 0.0354. The Hall–Kier alpha value is -3.92. The molecule has 0 spiro atoms. The highest BCUT2D eigenvalue weighted by Gasteiger charge is 2.24. The van der Waals surface area contributed by atoms with Gasteiger partial charge in [-0.1, -0.05) is 42.5 Å². The van der Waals surface area contributed by atoms with E-state index in [0.29, 0.717) is 37.8 Å². The molecule has 34 heavy (non-hydrogen) atoms. The Morgan fingerprint density at radius 1 is 1.24 bits per heavy atom. The van der Waals surface area contributed by atoms with E-state index in [1.165, 1.54) is 6.20 Å². The Labute approximate surface area is 198 Å². The van der Waals surface area contributed by atoms with Crippen molar-refractivity contribution in [2.75, 3.05) is 23.7 Å². The van der Waals surface area contributed by atoms with Gasteiger partial charge in [0, 0.05) is 37.9 Å². The Morgan fingerprint density at radius 2 is 2.06 bits per heavy atom. The first-order valence-corrected chi connectivity index (χ1v) is 11.3. The van der Waals surface area contributed by atoms with Crippen molar-refractivity contribution in [1.82, 2.24) is 20.2 Å². The minimum absolute atomic E-state index is 0.191. The Kier molecular flexibility index (Phi) is 7.38. The van der Waals surface area contributed by atoms with Crippen LogP contribution in [0.4, 0.5) is 16.6 Å². The van der Waals surface area contributed by atoms with E-state index in [0.717, 1.165) is 24.1 Å². The number of aliphatic hydroxyl groups excluding tert-OH is 1. The number of aromatic nitrogens is 2. The number of aliphatic hydroxyl groups is 1. The van der Waals surface area contributed by atoms with Crippen molar-refractivity contribution >= 4 is 23.7 Å². The van der Waals surface area contributed by atoms with E-state index in [4.69, 9.17) is 5.73 Å². The lowest BCUT2D eigenvalue weighted by Crippen LogP contribution is -2.49. The number of carbonyl (C=O) groups excluding carboxylic acids is 2. The summed E-state index contributed by atoms with van der Waals surface area (Å²) < 4.78 is 0. The van der Waals surface area contributed by atoms with Crippen LogP contribution in [0.15, 0.2) is 60.5 Å². The maximum absolute atomic E-state index is 12.6. The van der Waals surface area contributed by atoms with Crippen molar-refractivity contribution in [3.05, 3.63) is 71.6 Å². The van der Waals surface area contributed by atoms with E-state index in [1.54, 1.807) is 4.90 Å². The number of likely N-dealkylation sites (tertiary alicyclic amines) is 1. The fourth-order valence-corrected chi connectivity index (χ4v) is 3.94. The highest BCUT2D eigenvalue weighted by molar-refractivity contribution is 5.97. The van der Waals surface area contributed by atoms with Gasteiger partial charge in [-0.15, -0.1) is 0 Å². The molecule has 2 aliphatic rings. The number of urea groups is 1. The number of nitrogens with zero attached hydrogens (tertiary/aromatic N) is 3. The number of primary amides is 1. The van der Waals surface area contributed by atoms with Gasteiger partial charge in [0.15, 0.2) is 0 Å². The number of nitrogens with one attached hydrogen (secondary N) is 3. The fourth-order valence-electron chi connectivity index (χ4n) is 3.94. The van der Waals surface area contributed by atoms with Gasteiger partial charge in [0.2, 0.25) is 5.95 Å². The standard InChI is InChI=1S/C24H29N7O3/c25-21(33)20-14-27-23(30-22(20)26-13-16-6-2-1-3-7-16)28-17-8-4-9-18(12-17)29-24(34)31-11-5-10-19(32)15-31/h1-4,6-9,14,18-19,32H,5,10-13,15H2,(H2,25,33)(H,29,34)(H2,26,27,28,30)/t18?,19-/m1/s1. The number of hydrogen-bond acceptors (Lipinski definition) is 7. The zero-order chi connectivity index (χ0) is 23.9. The molecule has 1 aromatic carbocycles. The number of allylic oxidation sites excluding steroid dienone is 2. The van der Waals surface area contributed by atoms with Gasteiger partial charge >= 0.3 is 6.03 Å². The van der Waals surface area contributed by atoms with Crippen LogP contribution in [0.25, 0.3) is 0 Å². The first-order chi connectivity index (χ1) is 16.5. The van der Waals surface area contributed by atoms with E-state index in [-0.39, 0.29) is 17.6 Å². The predicted molar refractivity (Wildman–Crippen MR) is 129 cm³/mol. The number of nitrogens with two attached hydrogens (primary N) is 1. The normalized spacial score (nSPS) is 19.8. The molecule has 178 valence electrons. The van der Waals surface area contributed by atoms with Crippen LogP contribution in [0.5, 0.6) is 0 Å². The van der Waals surface area contributed by atoms with Crippen molar-refractivity contribution in [2.45, 2.75) is 38.0 Å². The van der Waals surface area contributed by atoms with Crippen LogP contribution >= 0.6 is 0 Å².